The lowest BCUT2D eigenvalue weighted by molar-refractivity contribution is 0.140. The molecule has 106 valence electrons. The van der Waals surface area contributed by atoms with Crippen molar-refractivity contribution < 1.29 is 15.1 Å². The van der Waals surface area contributed by atoms with Gasteiger partial charge in [0.1, 0.15) is 12.4 Å². The number of aliphatic hydroxyl groups is 1. The van der Waals surface area contributed by atoms with Crippen LogP contribution in [0.4, 0.5) is 0 Å². The number of oxime groups is 1. The zero-order valence-electron chi connectivity index (χ0n) is 11.3. The summed E-state index contributed by atoms with van der Waals surface area (Å²) in [5, 5.41) is 20.5. The summed E-state index contributed by atoms with van der Waals surface area (Å²) in [6, 6.07) is 7.10. The molecule has 0 aliphatic rings. The molecule has 0 saturated carbocycles. The average Bonchev–Trinajstić information content (AvgIpc) is 2.46. The first-order valence-electron chi connectivity index (χ1n) is 6.10. The van der Waals surface area contributed by atoms with E-state index < -0.39 is 0 Å². The number of amidine groups is 1. The van der Waals surface area contributed by atoms with E-state index in [1.54, 1.807) is 24.3 Å². The molecule has 0 amide bonds. The van der Waals surface area contributed by atoms with Crippen LogP contribution >= 0.6 is 0 Å². The maximum atomic E-state index is 9.00. The number of nitrogens with two attached hydrogens (primary N) is 1. The Labute approximate surface area is 113 Å². The standard InChI is InChI=1S/C13H21N3O3/c1-10(9-17)16(2)7-8-19-12-5-3-11(4-6-12)13(14)15-18/h3-6,10,17-18H,7-9H2,1-2H3,(H2,14,15). The largest absolute Gasteiger partial charge is 0.492 e. The Balaban J connectivity index is 2.42. The Morgan fingerprint density at radius 1 is 1.42 bits per heavy atom. The summed E-state index contributed by atoms with van der Waals surface area (Å²) >= 11 is 0. The fourth-order valence-corrected chi connectivity index (χ4v) is 1.45. The smallest absolute Gasteiger partial charge is 0.170 e. The van der Waals surface area contributed by atoms with Crippen LogP contribution in [-0.2, 0) is 0 Å². The number of likely N-dealkylation sites (N-methyl/N-ethyl adjacent to an activating group) is 1. The first kappa shape index (κ1) is 15.3. The van der Waals surface area contributed by atoms with E-state index in [9.17, 15) is 0 Å². The number of ether oxygens (including phenoxy) is 1. The Morgan fingerprint density at radius 3 is 2.58 bits per heavy atom. The zero-order valence-corrected chi connectivity index (χ0v) is 11.3. The van der Waals surface area contributed by atoms with Crippen molar-refractivity contribution in [3.05, 3.63) is 29.8 Å². The Hall–Kier alpha value is -1.79. The lowest BCUT2D eigenvalue weighted by Gasteiger charge is -2.22. The minimum atomic E-state index is 0.0723. The second-order valence-corrected chi connectivity index (χ2v) is 4.37. The summed E-state index contributed by atoms with van der Waals surface area (Å²) in [6.07, 6.45) is 0. The number of nitrogens with zero attached hydrogens (tertiary/aromatic N) is 2. The van der Waals surface area contributed by atoms with Gasteiger partial charge in [-0.15, -0.1) is 0 Å². The van der Waals surface area contributed by atoms with Crippen LogP contribution in [-0.4, -0.2) is 53.9 Å². The Bertz CT molecular complexity index is 406. The van der Waals surface area contributed by atoms with E-state index in [2.05, 4.69) is 5.16 Å². The summed E-state index contributed by atoms with van der Waals surface area (Å²) in [5.74, 6) is 0.794. The quantitative estimate of drug-likeness (QED) is 0.289. The van der Waals surface area contributed by atoms with Gasteiger partial charge in [0.2, 0.25) is 0 Å². The van der Waals surface area contributed by atoms with Crippen LogP contribution in [0.5, 0.6) is 5.75 Å². The van der Waals surface area contributed by atoms with Crippen molar-refractivity contribution in [2.75, 3.05) is 26.8 Å². The van der Waals surface area contributed by atoms with Crippen LogP contribution in [0, 0.1) is 0 Å². The maximum absolute atomic E-state index is 9.00. The Morgan fingerprint density at radius 2 is 2.05 bits per heavy atom. The van der Waals surface area contributed by atoms with Gasteiger partial charge >= 0.3 is 0 Å². The van der Waals surface area contributed by atoms with Gasteiger partial charge in [-0.25, -0.2) is 0 Å². The number of benzene rings is 1. The first-order chi connectivity index (χ1) is 9.08. The molecule has 0 bridgehead atoms. The van der Waals surface area contributed by atoms with Gasteiger partial charge in [0.25, 0.3) is 0 Å². The highest BCUT2D eigenvalue weighted by atomic mass is 16.5. The second kappa shape index (κ2) is 7.60. The third-order valence-corrected chi connectivity index (χ3v) is 2.99. The van der Waals surface area contributed by atoms with Crippen molar-refractivity contribution >= 4 is 5.84 Å². The minimum absolute atomic E-state index is 0.0723. The van der Waals surface area contributed by atoms with Crippen molar-refractivity contribution in [1.29, 1.82) is 0 Å². The predicted octanol–water partition coefficient (Wildman–Crippen LogP) is 0.473. The molecule has 0 fully saturated rings. The molecule has 0 radical (unpaired) electrons. The molecule has 1 atom stereocenters. The molecule has 1 unspecified atom stereocenters. The average molecular weight is 267 g/mol. The molecule has 1 rings (SSSR count). The normalized spacial score (nSPS) is 13.6. The molecule has 0 spiro atoms. The van der Waals surface area contributed by atoms with E-state index in [0.29, 0.717) is 12.2 Å². The lowest BCUT2D eigenvalue weighted by Crippen LogP contribution is -2.35. The monoisotopic (exact) mass is 267 g/mol. The van der Waals surface area contributed by atoms with E-state index in [4.69, 9.17) is 20.8 Å². The summed E-state index contributed by atoms with van der Waals surface area (Å²) in [7, 11) is 1.94. The molecule has 6 nitrogen and oxygen atoms in total. The highest BCUT2D eigenvalue weighted by Crippen LogP contribution is 2.12. The van der Waals surface area contributed by atoms with Crippen LogP contribution in [0.25, 0.3) is 0 Å². The summed E-state index contributed by atoms with van der Waals surface area (Å²) in [6.45, 7) is 3.34. The molecule has 0 aromatic heterocycles. The highest BCUT2D eigenvalue weighted by molar-refractivity contribution is 5.97. The molecule has 19 heavy (non-hydrogen) atoms. The predicted molar refractivity (Wildman–Crippen MR) is 73.6 cm³/mol. The summed E-state index contributed by atoms with van der Waals surface area (Å²) in [5.41, 5.74) is 6.10. The number of aliphatic hydroxyl groups excluding tert-OH is 1. The highest BCUT2D eigenvalue weighted by Gasteiger charge is 2.07. The minimum Gasteiger partial charge on any atom is -0.492 e. The van der Waals surface area contributed by atoms with E-state index >= 15 is 0 Å². The van der Waals surface area contributed by atoms with Crippen LogP contribution in [0.15, 0.2) is 29.4 Å². The SMILES string of the molecule is CC(CO)N(C)CCOc1ccc(/C(N)=N/O)cc1. The van der Waals surface area contributed by atoms with Gasteiger partial charge in [0.05, 0.1) is 6.61 Å². The zero-order chi connectivity index (χ0) is 14.3. The number of hydrogen-bond donors (Lipinski definition) is 3. The lowest BCUT2D eigenvalue weighted by atomic mass is 10.2. The van der Waals surface area contributed by atoms with Gasteiger partial charge in [0.15, 0.2) is 5.84 Å². The molecule has 1 aromatic rings. The van der Waals surface area contributed by atoms with Crippen molar-refractivity contribution in [2.45, 2.75) is 13.0 Å². The van der Waals surface area contributed by atoms with Crippen molar-refractivity contribution in [3.8, 4) is 5.75 Å². The van der Waals surface area contributed by atoms with Crippen LogP contribution in [0.1, 0.15) is 12.5 Å². The second-order valence-electron chi connectivity index (χ2n) is 4.37. The molecule has 0 saturated heterocycles. The van der Waals surface area contributed by atoms with Crippen molar-refractivity contribution in [3.63, 3.8) is 0 Å². The summed E-state index contributed by atoms with van der Waals surface area (Å²) < 4.78 is 5.57. The topological polar surface area (TPSA) is 91.3 Å². The van der Waals surface area contributed by atoms with Crippen LogP contribution in [0.3, 0.4) is 0 Å². The fourth-order valence-electron chi connectivity index (χ4n) is 1.45. The van der Waals surface area contributed by atoms with Crippen molar-refractivity contribution in [2.24, 2.45) is 10.9 Å². The van der Waals surface area contributed by atoms with Crippen LogP contribution in [0.2, 0.25) is 0 Å². The van der Waals surface area contributed by atoms with Crippen LogP contribution < -0.4 is 10.5 Å². The molecular weight excluding hydrogens is 246 g/mol. The van der Waals surface area contributed by atoms with Gasteiger partial charge < -0.3 is 20.8 Å². The first-order valence-corrected chi connectivity index (χ1v) is 6.10. The van der Waals surface area contributed by atoms with E-state index in [1.165, 1.54) is 0 Å². The number of hydrogen-bond acceptors (Lipinski definition) is 5. The van der Waals surface area contributed by atoms with E-state index in [0.717, 1.165) is 12.3 Å². The molecule has 6 heteroatoms. The third kappa shape index (κ3) is 4.76. The van der Waals surface area contributed by atoms with Crippen molar-refractivity contribution in [1.82, 2.24) is 4.90 Å². The number of rotatable bonds is 7. The van der Waals surface area contributed by atoms with Gasteiger partial charge in [-0.1, -0.05) is 5.16 Å². The van der Waals surface area contributed by atoms with E-state index in [1.807, 2.05) is 18.9 Å². The molecule has 0 aliphatic heterocycles. The third-order valence-electron chi connectivity index (χ3n) is 2.99. The molecule has 1 aromatic carbocycles. The maximum Gasteiger partial charge on any atom is 0.170 e. The Kier molecular flexibility index (Phi) is 6.11. The molecular formula is C13H21N3O3. The van der Waals surface area contributed by atoms with Gasteiger partial charge in [-0.05, 0) is 38.2 Å². The van der Waals surface area contributed by atoms with Gasteiger partial charge in [0, 0.05) is 18.2 Å². The summed E-state index contributed by atoms with van der Waals surface area (Å²) in [4.78, 5) is 2.02. The van der Waals surface area contributed by atoms with Gasteiger partial charge in [-0.2, -0.15) is 0 Å². The molecule has 0 heterocycles. The van der Waals surface area contributed by atoms with E-state index in [-0.39, 0.29) is 18.5 Å². The fraction of sp³-hybridized carbons (Fsp3) is 0.462. The molecule has 4 N–H and O–H groups in total. The molecule has 0 aliphatic carbocycles. The van der Waals surface area contributed by atoms with Gasteiger partial charge in [-0.3, -0.25) is 4.90 Å².